The van der Waals surface area contributed by atoms with Crippen LogP contribution in [0.15, 0.2) is 5.16 Å². The second kappa shape index (κ2) is 7.05. The van der Waals surface area contributed by atoms with E-state index in [1.54, 1.807) is 14.0 Å². The number of likely N-dealkylation sites (N-methyl/N-ethyl adjacent to an activating group) is 1. The quantitative estimate of drug-likeness (QED) is 0.215. The minimum absolute atomic E-state index is 0.0160. The van der Waals surface area contributed by atoms with Gasteiger partial charge in [-0.25, -0.2) is 0 Å². The van der Waals surface area contributed by atoms with Crippen LogP contribution in [0.2, 0.25) is 0 Å². The highest BCUT2D eigenvalue weighted by Crippen LogP contribution is 1.99. The van der Waals surface area contributed by atoms with Crippen LogP contribution in [0.4, 0.5) is 0 Å². The lowest BCUT2D eigenvalue weighted by atomic mass is 10.2. The molecule has 1 amide bonds. The molecule has 0 aromatic carbocycles. The van der Waals surface area contributed by atoms with Crippen molar-refractivity contribution in [3.8, 4) is 0 Å². The smallest absolute Gasteiger partial charge is 0.225 e. The Kier molecular flexibility index (Phi) is 6.44. The maximum atomic E-state index is 11.5. The zero-order valence-corrected chi connectivity index (χ0v) is 9.43. The van der Waals surface area contributed by atoms with Crippen molar-refractivity contribution >= 4 is 11.7 Å². The van der Waals surface area contributed by atoms with Gasteiger partial charge >= 0.3 is 0 Å². The van der Waals surface area contributed by atoms with E-state index >= 15 is 0 Å². The molecule has 0 rings (SSSR count). The lowest BCUT2D eigenvalue weighted by Crippen LogP contribution is -2.44. The van der Waals surface area contributed by atoms with Crippen LogP contribution in [0.1, 0.15) is 20.3 Å². The summed E-state index contributed by atoms with van der Waals surface area (Å²) in [5.74, 6) is -0.0789. The molecule has 1 atom stereocenters. The Hall–Kier alpha value is -1.30. The van der Waals surface area contributed by atoms with Crippen molar-refractivity contribution in [2.75, 3.05) is 20.3 Å². The normalized spacial score (nSPS) is 13.7. The third-order valence-corrected chi connectivity index (χ3v) is 2.18. The average molecular weight is 217 g/mol. The highest BCUT2D eigenvalue weighted by Gasteiger charge is 2.18. The Bertz CT molecular complexity index is 231. The molecule has 0 saturated carbocycles. The first-order valence-electron chi connectivity index (χ1n) is 4.85. The first-order valence-corrected chi connectivity index (χ1v) is 4.85. The van der Waals surface area contributed by atoms with E-state index in [1.807, 2.05) is 6.92 Å². The zero-order valence-electron chi connectivity index (χ0n) is 9.43. The van der Waals surface area contributed by atoms with Gasteiger partial charge < -0.3 is 20.6 Å². The van der Waals surface area contributed by atoms with Gasteiger partial charge in [0, 0.05) is 13.7 Å². The van der Waals surface area contributed by atoms with Crippen LogP contribution in [0, 0.1) is 0 Å². The van der Waals surface area contributed by atoms with Gasteiger partial charge in [-0.1, -0.05) is 5.16 Å². The minimum Gasteiger partial charge on any atom is -0.409 e. The molecule has 6 heteroatoms. The van der Waals surface area contributed by atoms with E-state index in [2.05, 4.69) is 5.16 Å². The molecule has 0 fully saturated rings. The molecule has 15 heavy (non-hydrogen) atoms. The van der Waals surface area contributed by atoms with Gasteiger partial charge in [0.1, 0.15) is 0 Å². The van der Waals surface area contributed by atoms with Crippen molar-refractivity contribution in [2.45, 2.75) is 26.3 Å². The first kappa shape index (κ1) is 13.7. The molecule has 0 saturated heterocycles. The number of rotatable bonds is 6. The summed E-state index contributed by atoms with van der Waals surface area (Å²) >= 11 is 0. The van der Waals surface area contributed by atoms with Gasteiger partial charge in [-0.05, 0) is 13.8 Å². The number of amidine groups is 1. The predicted molar refractivity (Wildman–Crippen MR) is 56.8 cm³/mol. The molecule has 0 aromatic rings. The van der Waals surface area contributed by atoms with E-state index in [0.717, 1.165) is 0 Å². The largest absolute Gasteiger partial charge is 0.409 e. The second-order valence-electron chi connectivity index (χ2n) is 3.15. The lowest BCUT2D eigenvalue weighted by Gasteiger charge is -2.23. The van der Waals surface area contributed by atoms with Gasteiger partial charge in [0.05, 0.1) is 19.1 Å². The number of hydrogen-bond acceptors (Lipinski definition) is 4. The zero-order chi connectivity index (χ0) is 11.8. The number of nitrogens with zero attached hydrogens (tertiary/aromatic N) is 2. The Morgan fingerprint density at radius 2 is 2.27 bits per heavy atom. The first-order chi connectivity index (χ1) is 7.04. The van der Waals surface area contributed by atoms with E-state index < -0.39 is 6.04 Å². The van der Waals surface area contributed by atoms with E-state index in [1.165, 1.54) is 4.90 Å². The average Bonchev–Trinajstić information content (AvgIpc) is 2.26. The van der Waals surface area contributed by atoms with Gasteiger partial charge in [0.2, 0.25) is 5.91 Å². The van der Waals surface area contributed by atoms with Gasteiger partial charge in [0.25, 0.3) is 0 Å². The molecular weight excluding hydrogens is 198 g/mol. The summed E-state index contributed by atoms with van der Waals surface area (Å²) in [7, 11) is 1.61. The van der Waals surface area contributed by atoms with Crippen LogP contribution in [0.3, 0.4) is 0 Å². The van der Waals surface area contributed by atoms with Crippen LogP contribution in [0.5, 0.6) is 0 Å². The van der Waals surface area contributed by atoms with Gasteiger partial charge in [-0.2, -0.15) is 0 Å². The Balaban J connectivity index is 4.08. The molecule has 0 aliphatic rings. The number of hydrogen-bond donors (Lipinski definition) is 2. The molecule has 0 aliphatic carbocycles. The lowest BCUT2D eigenvalue weighted by molar-refractivity contribution is -0.131. The molecule has 0 bridgehead atoms. The van der Waals surface area contributed by atoms with Gasteiger partial charge in [-0.3, -0.25) is 4.79 Å². The molecule has 88 valence electrons. The summed E-state index contributed by atoms with van der Waals surface area (Å²) in [5.41, 5.74) is 5.38. The molecule has 0 aliphatic heterocycles. The molecule has 0 heterocycles. The second-order valence-corrected chi connectivity index (χ2v) is 3.15. The van der Waals surface area contributed by atoms with E-state index in [4.69, 9.17) is 15.7 Å². The summed E-state index contributed by atoms with van der Waals surface area (Å²) in [4.78, 5) is 13.0. The summed E-state index contributed by atoms with van der Waals surface area (Å²) < 4.78 is 5.06. The summed E-state index contributed by atoms with van der Waals surface area (Å²) in [5, 5.41) is 11.3. The number of carbonyl (C=O) groups excluding carboxylic acids is 1. The number of nitrogens with two attached hydrogens (primary N) is 1. The third-order valence-electron chi connectivity index (χ3n) is 2.18. The van der Waals surface area contributed by atoms with Crippen molar-refractivity contribution in [3.63, 3.8) is 0 Å². The standard InChI is InChI=1S/C9H19N3O3/c1-4-15-6-5-8(13)12(3)7(2)9(10)11-14/h7,14H,4-6H2,1-3H3,(H2,10,11). The summed E-state index contributed by atoms with van der Waals surface area (Å²) in [6.07, 6.45) is 0.299. The molecule has 0 aromatic heterocycles. The fourth-order valence-electron chi connectivity index (χ4n) is 0.978. The van der Waals surface area contributed by atoms with Crippen molar-refractivity contribution < 1.29 is 14.7 Å². The van der Waals surface area contributed by atoms with E-state index in [-0.39, 0.29) is 11.7 Å². The van der Waals surface area contributed by atoms with Gasteiger partial charge in [-0.15, -0.1) is 0 Å². The molecule has 1 unspecified atom stereocenters. The van der Waals surface area contributed by atoms with Crippen LogP contribution in [-0.4, -0.2) is 48.2 Å². The fourth-order valence-corrected chi connectivity index (χ4v) is 0.978. The highest BCUT2D eigenvalue weighted by molar-refractivity contribution is 5.89. The number of amides is 1. The van der Waals surface area contributed by atoms with E-state index in [0.29, 0.717) is 19.6 Å². The highest BCUT2D eigenvalue weighted by atomic mass is 16.5. The maximum Gasteiger partial charge on any atom is 0.225 e. The van der Waals surface area contributed by atoms with Crippen LogP contribution in [0.25, 0.3) is 0 Å². The number of carbonyl (C=O) groups is 1. The van der Waals surface area contributed by atoms with Crippen LogP contribution >= 0.6 is 0 Å². The summed E-state index contributed by atoms with van der Waals surface area (Å²) in [6, 6.07) is -0.413. The van der Waals surface area contributed by atoms with Crippen LogP contribution in [-0.2, 0) is 9.53 Å². The van der Waals surface area contributed by atoms with E-state index in [9.17, 15) is 4.79 Å². The minimum atomic E-state index is -0.413. The number of ether oxygens (including phenoxy) is 1. The topological polar surface area (TPSA) is 88.2 Å². The van der Waals surface area contributed by atoms with Crippen molar-refractivity contribution in [1.82, 2.24) is 4.90 Å². The Morgan fingerprint density at radius 1 is 1.67 bits per heavy atom. The SMILES string of the molecule is CCOCCC(=O)N(C)C(C)C(N)=NO. The molecule has 3 N–H and O–H groups in total. The monoisotopic (exact) mass is 217 g/mol. The Labute approximate surface area is 89.7 Å². The Morgan fingerprint density at radius 3 is 2.73 bits per heavy atom. The summed E-state index contributed by atoms with van der Waals surface area (Å²) in [6.45, 7) is 4.54. The predicted octanol–water partition coefficient (Wildman–Crippen LogP) is 0.00630. The molecule has 0 radical (unpaired) electrons. The van der Waals surface area contributed by atoms with Crippen molar-refractivity contribution in [1.29, 1.82) is 0 Å². The maximum absolute atomic E-state index is 11.5. The fraction of sp³-hybridized carbons (Fsp3) is 0.778. The van der Waals surface area contributed by atoms with Crippen molar-refractivity contribution in [2.24, 2.45) is 10.9 Å². The number of oxime groups is 1. The van der Waals surface area contributed by atoms with Gasteiger partial charge in [0.15, 0.2) is 5.84 Å². The molecule has 0 spiro atoms. The molecular formula is C9H19N3O3. The third kappa shape index (κ3) is 4.64. The van der Waals surface area contributed by atoms with Crippen molar-refractivity contribution in [3.05, 3.63) is 0 Å². The molecule has 6 nitrogen and oxygen atoms in total. The van der Waals surface area contributed by atoms with Crippen LogP contribution < -0.4 is 5.73 Å².